The van der Waals surface area contributed by atoms with E-state index in [0.29, 0.717) is 21.9 Å². The van der Waals surface area contributed by atoms with E-state index in [4.69, 9.17) is 9.47 Å². The number of rotatable bonds is 7. The SMILES string of the molecule is COc1ccc(C)cc1NC(=O)C(OC(=O)c1ccc(C(C)=O)s1)c1ccccc1. The maximum Gasteiger partial charge on any atom is 0.349 e. The minimum atomic E-state index is -1.17. The Balaban J connectivity index is 1.87. The lowest BCUT2D eigenvalue weighted by Gasteiger charge is -2.19. The highest BCUT2D eigenvalue weighted by molar-refractivity contribution is 7.15. The summed E-state index contributed by atoms with van der Waals surface area (Å²) in [5, 5.41) is 2.79. The smallest absolute Gasteiger partial charge is 0.349 e. The molecule has 0 aliphatic carbocycles. The number of ketones is 1. The second-order valence-electron chi connectivity index (χ2n) is 6.61. The lowest BCUT2D eigenvalue weighted by atomic mass is 10.1. The third kappa shape index (κ3) is 4.93. The van der Waals surface area contributed by atoms with Gasteiger partial charge in [0.25, 0.3) is 5.91 Å². The number of aryl methyl sites for hydroxylation is 1. The summed E-state index contributed by atoms with van der Waals surface area (Å²) in [6, 6.07) is 17.2. The first kappa shape index (κ1) is 21.3. The number of amides is 1. The van der Waals surface area contributed by atoms with E-state index in [0.717, 1.165) is 16.9 Å². The van der Waals surface area contributed by atoms with Crippen molar-refractivity contribution in [3.63, 3.8) is 0 Å². The van der Waals surface area contributed by atoms with Crippen LogP contribution in [0.4, 0.5) is 5.69 Å². The van der Waals surface area contributed by atoms with E-state index >= 15 is 0 Å². The molecular weight excluding hydrogens is 402 g/mol. The van der Waals surface area contributed by atoms with Gasteiger partial charge >= 0.3 is 5.97 Å². The summed E-state index contributed by atoms with van der Waals surface area (Å²) in [5.41, 5.74) is 1.95. The number of hydrogen-bond acceptors (Lipinski definition) is 6. The Morgan fingerprint density at radius 1 is 0.967 bits per heavy atom. The Morgan fingerprint density at radius 2 is 1.67 bits per heavy atom. The highest BCUT2D eigenvalue weighted by Crippen LogP contribution is 2.29. The van der Waals surface area contributed by atoms with Gasteiger partial charge in [-0.25, -0.2) is 4.79 Å². The van der Waals surface area contributed by atoms with Crippen LogP contribution in [0.25, 0.3) is 0 Å². The molecular formula is C23H21NO5S. The first-order valence-electron chi connectivity index (χ1n) is 9.21. The van der Waals surface area contributed by atoms with Crippen molar-refractivity contribution in [3.05, 3.63) is 81.5 Å². The molecule has 3 rings (SSSR count). The standard InChI is InChI=1S/C23H21NO5S/c1-14-9-10-18(28-3)17(13-14)24-22(26)21(16-7-5-4-6-8-16)29-23(27)20-12-11-19(30-20)15(2)25/h4-13,21H,1-3H3,(H,24,26). The topological polar surface area (TPSA) is 81.7 Å². The molecule has 1 heterocycles. The van der Waals surface area contributed by atoms with E-state index in [1.54, 1.807) is 42.5 Å². The fourth-order valence-corrected chi connectivity index (χ4v) is 3.60. The van der Waals surface area contributed by atoms with Crippen LogP contribution in [0.5, 0.6) is 5.75 Å². The third-order valence-electron chi connectivity index (χ3n) is 4.33. The van der Waals surface area contributed by atoms with Crippen LogP contribution in [0.1, 0.15) is 43.5 Å². The molecule has 154 valence electrons. The molecule has 6 nitrogen and oxygen atoms in total. The molecule has 1 unspecified atom stereocenters. The molecule has 1 N–H and O–H groups in total. The first-order valence-corrected chi connectivity index (χ1v) is 10.0. The molecule has 30 heavy (non-hydrogen) atoms. The molecule has 0 fully saturated rings. The Kier molecular flexibility index (Phi) is 6.64. The quantitative estimate of drug-likeness (QED) is 0.436. The number of esters is 1. The van der Waals surface area contributed by atoms with E-state index in [9.17, 15) is 14.4 Å². The average Bonchev–Trinajstić information content (AvgIpc) is 3.23. The first-order chi connectivity index (χ1) is 14.4. The summed E-state index contributed by atoms with van der Waals surface area (Å²) in [5.74, 6) is -0.825. The van der Waals surface area contributed by atoms with Crippen LogP contribution in [-0.2, 0) is 9.53 Å². The number of hydrogen-bond donors (Lipinski definition) is 1. The van der Waals surface area contributed by atoms with Crippen LogP contribution >= 0.6 is 11.3 Å². The number of ether oxygens (including phenoxy) is 2. The van der Waals surface area contributed by atoms with Gasteiger partial charge in [0.2, 0.25) is 6.10 Å². The van der Waals surface area contributed by atoms with Crippen molar-refractivity contribution >= 4 is 34.7 Å². The lowest BCUT2D eigenvalue weighted by Crippen LogP contribution is -2.26. The molecule has 0 radical (unpaired) electrons. The Bertz CT molecular complexity index is 1070. The van der Waals surface area contributed by atoms with Crippen LogP contribution in [0.15, 0.2) is 60.7 Å². The number of nitrogens with one attached hydrogen (secondary N) is 1. The van der Waals surface area contributed by atoms with Gasteiger partial charge in [0.05, 0.1) is 17.7 Å². The highest BCUT2D eigenvalue weighted by Gasteiger charge is 2.27. The van der Waals surface area contributed by atoms with Crippen molar-refractivity contribution in [3.8, 4) is 5.75 Å². The van der Waals surface area contributed by atoms with Crippen molar-refractivity contribution in [2.75, 3.05) is 12.4 Å². The molecule has 0 bridgehead atoms. The van der Waals surface area contributed by atoms with Crippen LogP contribution in [0.3, 0.4) is 0 Å². The van der Waals surface area contributed by atoms with Gasteiger partial charge in [0, 0.05) is 5.56 Å². The number of carbonyl (C=O) groups is 3. The molecule has 1 aromatic heterocycles. The number of Topliss-reactive ketones (excluding diaryl/α,β-unsaturated/α-hetero) is 1. The Hall–Kier alpha value is -3.45. The Labute approximate surface area is 178 Å². The minimum absolute atomic E-state index is 0.136. The number of thiophene rings is 1. The molecule has 3 aromatic rings. The zero-order chi connectivity index (χ0) is 21.7. The van der Waals surface area contributed by atoms with Crippen LogP contribution in [-0.4, -0.2) is 24.8 Å². The van der Waals surface area contributed by atoms with E-state index in [1.807, 2.05) is 19.1 Å². The van der Waals surface area contributed by atoms with Crippen molar-refractivity contribution < 1.29 is 23.9 Å². The van der Waals surface area contributed by atoms with Crippen LogP contribution in [0.2, 0.25) is 0 Å². The fourth-order valence-electron chi connectivity index (χ4n) is 2.82. The molecule has 0 saturated heterocycles. The predicted octanol–water partition coefficient (Wildman–Crippen LogP) is 4.80. The van der Waals surface area contributed by atoms with Gasteiger partial charge in [-0.1, -0.05) is 36.4 Å². The molecule has 0 spiro atoms. The van der Waals surface area contributed by atoms with Gasteiger partial charge in [0.1, 0.15) is 10.6 Å². The van der Waals surface area contributed by atoms with E-state index < -0.39 is 18.0 Å². The summed E-state index contributed by atoms with van der Waals surface area (Å²) < 4.78 is 10.9. The largest absolute Gasteiger partial charge is 0.495 e. The molecule has 0 saturated carbocycles. The maximum absolute atomic E-state index is 13.1. The van der Waals surface area contributed by atoms with Crippen LogP contribution in [0, 0.1) is 6.92 Å². The van der Waals surface area contributed by atoms with E-state index in [-0.39, 0.29) is 10.7 Å². The number of methoxy groups -OCH3 is 1. The minimum Gasteiger partial charge on any atom is -0.495 e. The molecule has 1 atom stereocenters. The molecule has 0 aliphatic rings. The van der Waals surface area contributed by atoms with E-state index in [2.05, 4.69) is 5.32 Å². The highest BCUT2D eigenvalue weighted by atomic mass is 32.1. The second-order valence-corrected chi connectivity index (χ2v) is 7.69. The van der Waals surface area contributed by atoms with Gasteiger partial charge in [-0.2, -0.15) is 0 Å². The summed E-state index contributed by atoms with van der Waals surface area (Å²) in [4.78, 5) is 38.0. The predicted molar refractivity (Wildman–Crippen MR) is 115 cm³/mol. The fraction of sp³-hybridized carbons (Fsp3) is 0.174. The average molecular weight is 423 g/mol. The lowest BCUT2D eigenvalue weighted by molar-refractivity contribution is -0.125. The number of carbonyl (C=O) groups excluding carboxylic acids is 3. The molecule has 2 aromatic carbocycles. The second kappa shape index (κ2) is 9.37. The summed E-state index contributed by atoms with van der Waals surface area (Å²) in [7, 11) is 1.51. The monoisotopic (exact) mass is 423 g/mol. The zero-order valence-corrected chi connectivity index (χ0v) is 17.6. The molecule has 0 aliphatic heterocycles. The maximum atomic E-state index is 13.1. The van der Waals surface area contributed by atoms with Crippen molar-refractivity contribution in [2.45, 2.75) is 20.0 Å². The summed E-state index contributed by atoms with van der Waals surface area (Å²) in [6.07, 6.45) is -1.17. The Morgan fingerprint density at radius 3 is 2.30 bits per heavy atom. The number of anilines is 1. The van der Waals surface area contributed by atoms with Crippen molar-refractivity contribution in [1.82, 2.24) is 0 Å². The van der Waals surface area contributed by atoms with Gasteiger partial charge in [-0.15, -0.1) is 11.3 Å². The summed E-state index contributed by atoms with van der Waals surface area (Å²) in [6.45, 7) is 3.32. The summed E-state index contributed by atoms with van der Waals surface area (Å²) >= 11 is 1.03. The third-order valence-corrected chi connectivity index (χ3v) is 5.50. The molecule has 7 heteroatoms. The van der Waals surface area contributed by atoms with Crippen LogP contribution < -0.4 is 10.1 Å². The normalized spacial score (nSPS) is 11.4. The number of benzene rings is 2. The van der Waals surface area contributed by atoms with Gasteiger partial charge in [0.15, 0.2) is 5.78 Å². The van der Waals surface area contributed by atoms with Crippen molar-refractivity contribution in [1.29, 1.82) is 0 Å². The van der Waals surface area contributed by atoms with Gasteiger partial charge < -0.3 is 14.8 Å². The zero-order valence-electron chi connectivity index (χ0n) is 16.8. The van der Waals surface area contributed by atoms with Gasteiger partial charge in [-0.05, 0) is 43.7 Å². The van der Waals surface area contributed by atoms with Crippen molar-refractivity contribution in [2.24, 2.45) is 0 Å². The van der Waals surface area contributed by atoms with E-state index in [1.165, 1.54) is 20.1 Å². The molecule has 1 amide bonds. The van der Waals surface area contributed by atoms with Gasteiger partial charge in [-0.3, -0.25) is 9.59 Å².